The van der Waals surface area contributed by atoms with Crippen molar-refractivity contribution in [3.8, 4) is 23.8 Å². The van der Waals surface area contributed by atoms with Crippen LogP contribution in [0.15, 0.2) is 16.9 Å². The van der Waals surface area contributed by atoms with Gasteiger partial charge in [-0.15, -0.1) is 6.42 Å². The summed E-state index contributed by atoms with van der Waals surface area (Å²) in [5, 5.41) is 4.04. The fourth-order valence-electron chi connectivity index (χ4n) is 2.04. The first-order valence-electron chi connectivity index (χ1n) is 6.77. The molecule has 0 radical (unpaired) electrons. The quantitative estimate of drug-likeness (QED) is 0.759. The van der Waals surface area contributed by atoms with Gasteiger partial charge in [0, 0.05) is 12.6 Å². The maximum Gasteiger partial charge on any atom is 0.350 e. The second-order valence-electron chi connectivity index (χ2n) is 4.66. The first-order chi connectivity index (χ1) is 11.0. The van der Waals surface area contributed by atoms with Crippen molar-refractivity contribution in [1.29, 1.82) is 0 Å². The van der Waals surface area contributed by atoms with Crippen molar-refractivity contribution in [2.45, 2.75) is 19.9 Å². The number of terminal acetylenes is 1. The van der Waals surface area contributed by atoms with Crippen LogP contribution in [-0.2, 0) is 6.54 Å². The number of nitrogens with zero attached hydrogens (tertiary/aromatic N) is 3. The van der Waals surface area contributed by atoms with Gasteiger partial charge >= 0.3 is 5.69 Å². The summed E-state index contributed by atoms with van der Waals surface area (Å²) in [6, 6.07) is 2.27. The van der Waals surface area contributed by atoms with Gasteiger partial charge in [0.1, 0.15) is 23.9 Å². The number of benzene rings is 1. The second kappa shape index (κ2) is 7.29. The van der Waals surface area contributed by atoms with Gasteiger partial charge in [0.2, 0.25) is 0 Å². The van der Waals surface area contributed by atoms with Crippen molar-refractivity contribution < 1.29 is 13.5 Å². The molecule has 5 nitrogen and oxygen atoms in total. The third-order valence-corrected chi connectivity index (χ3v) is 3.40. The molecule has 0 amide bonds. The predicted molar refractivity (Wildman–Crippen MR) is 82.4 cm³/mol. The highest BCUT2D eigenvalue weighted by Crippen LogP contribution is 2.29. The van der Waals surface area contributed by atoms with Crippen molar-refractivity contribution in [3.63, 3.8) is 0 Å². The third-order valence-electron chi connectivity index (χ3n) is 3.10. The van der Waals surface area contributed by atoms with Gasteiger partial charge in [-0.3, -0.25) is 8.96 Å². The number of halogens is 3. The third kappa shape index (κ3) is 3.54. The highest BCUT2D eigenvalue weighted by atomic mass is 35.5. The molecule has 122 valence electrons. The van der Waals surface area contributed by atoms with E-state index in [2.05, 4.69) is 11.0 Å². The molecular weight excluding hydrogens is 328 g/mol. The van der Waals surface area contributed by atoms with Crippen LogP contribution >= 0.6 is 11.6 Å². The van der Waals surface area contributed by atoms with Gasteiger partial charge in [0.15, 0.2) is 5.82 Å². The first-order valence-corrected chi connectivity index (χ1v) is 7.15. The lowest BCUT2D eigenvalue weighted by molar-refractivity contribution is 0.369. The number of hydrogen-bond donors (Lipinski definition) is 0. The topological polar surface area (TPSA) is 49.0 Å². The Morgan fingerprint density at radius 2 is 2.22 bits per heavy atom. The first kappa shape index (κ1) is 17.0. The second-order valence-corrected chi connectivity index (χ2v) is 5.07. The highest BCUT2D eigenvalue weighted by Gasteiger charge is 2.17. The minimum Gasteiger partial charge on any atom is -0.479 e. The largest absolute Gasteiger partial charge is 0.479 e. The number of hydrogen-bond acceptors (Lipinski definition) is 3. The molecule has 1 aromatic heterocycles. The number of aryl methyl sites for hydroxylation is 1. The van der Waals surface area contributed by atoms with Gasteiger partial charge in [-0.1, -0.05) is 17.5 Å². The van der Waals surface area contributed by atoms with Gasteiger partial charge in [-0.05, 0) is 19.4 Å². The lowest BCUT2D eigenvalue weighted by Crippen LogP contribution is -2.25. The van der Waals surface area contributed by atoms with E-state index in [-0.39, 0.29) is 36.0 Å². The molecule has 0 aliphatic heterocycles. The van der Waals surface area contributed by atoms with E-state index in [0.29, 0.717) is 5.82 Å². The van der Waals surface area contributed by atoms with E-state index in [1.54, 1.807) is 6.92 Å². The fourth-order valence-corrected chi connectivity index (χ4v) is 2.24. The Bertz CT molecular complexity index is 808. The molecule has 2 aromatic rings. The molecule has 0 spiro atoms. The molecule has 0 aliphatic rings. The average Bonchev–Trinajstić information content (AvgIpc) is 2.79. The molecule has 1 heterocycles. The van der Waals surface area contributed by atoms with Gasteiger partial charge in [0.25, 0.3) is 0 Å². The van der Waals surface area contributed by atoms with Crippen molar-refractivity contribution in [1.82, 2.24) is 14.3 Å². The van der Waals surface area contributed by atoms with Crippen LogP contribution in [0.4, 0.5) is 8.78 Å². The molecule has 0 bridgehead atoms. The van der Waals surface area contributed by atoms with Crippen LogP contribution in [0.3, 0.4) is 0 Å². The van der Waals surface area contributed by atoms with Crippen molar-refractivity contribution in [2.75, 3.05) is 13.3 Å². The predicted octanol–water partition coefficient (Wildman–Crippen LogP) is 2.51. The van der Waals surface area contributed by atoms with Crippen LogP contribution in [0.5, 0.6) is 5.75 Å². The van der Waals surface area contributed by atoms with Crippen molar-refractivity contribution >= 4 is 11.6 Å². The van der Waals surface area contributed by atoms with Crippen LogP contribution in [0.2, 0.25) is 5.02 Å². The van der Waals surface area contributed by atoms with Crippen LogP contribution in [-0.4, -0.2) is 27.6 Å². The average molecular weight is 342 g/mol. The van der Waals surface area contributed by atoms with E-state index in [0.717, 1.165) is 10.7 Å². The molecular formula is C15H14ClF2N3O2. The highest BCUT2D eigenvalue weighted by molar-refractivity contribution is 6.32. The van der Waals surface area contributed by atoms with E-state index in [4.69, 9.17) is 22.8 Å². The molecule has 1 aromatic carbocycles. The molecule has 2 rings (SSSR count). The zero-order chi connectivity index (χ0) is 17.0. The summed E-state index contributed by atoms with van der Waals surface area (Å²) < 4.78 is 33.8. The Morgan fingerprint density at radius 3 is 2.87 bits per heavy atom. The zero-order valence-corrected chi connectivity index (χ0v) is 13.1. The Labute approximate surface area is 136 Å². The SMILES string of the molecule is C#CCOc1cc(-n2nc(C)n(CCCF)c2=O)c(F)cc1Cl. The zero-order valence-electron chi connectivity index (χ0n) is 12.4. The summed E-state index contributed by atoms with van der Waals surface area (Å²) in [6.45, 7) is 1.14. The molecule has 8 heteroatoms. The van der Waals surface area contributed by atoms with E-state index in [9.17, 15) is 13.6 Å². The fraction of sp³-hybridized carbons (Fsp3) is 0.333. The monoisotopic (exact) mass is 341 g/mol. The van der Waals surface area contributed by atoms with Gasteiger partial charge in [-0.2, -0.15) is 9.78 Å². The normalized spacial score (nSPS) is 10.6. The number of rotatable bonds is 6. The minimum absolute atomic E-state index is 0.0307. The Morgan fingerprint density at radius 1 is 1.48 bits per heavy atom. The van der Waals surface area contributed by atoms with Crippen LogP contribution in [0.25, 0.3) is 5.69 Å². The van der Waals surface area contributed by atoms with E-state index in [1.165, 1.54) is 10.6 Å². The van der Waals surface area contributed by atoms with Crippen LogP contribution in [0, 0.1) is 25.1 Å². The Balaban J connectivity index is 2.50. The van der Waals surface area contributed by atoms with Crippen molar-refractivity contribution in [3.05, 3.63) is 39.3 Å². The van der Waals surface area contributed by atoms with Crippen molar-refractivity contribution in [2.24, 2.45) is 0 Å². The Kier molecular flexibility index (Phi) is 5.40. The van der Waals surface area contributed by atoms with Gasteiger partial charge in [0.05, 0.1) is 11.7 Å². The maximum atomic E-state index is 14.2. The molecule has 0 unspecified atom stereocenters. The summed E-state index contributed by atoms with van der Waals surface area (Å²) in [6.07, 6.45) is 5.28. The molecule has 0 saturated carbocycles. The molecule has 23 heavy (non-hydrogen) atoms. The Hall–Kier alpha value is -2.33. The van der Waals surface area contributed by atoms with E-state index in [1.807, 2.05) is 0 Å². The number of aromatic nitrogens is 3. The molecule has 0 N–H and O–H groups in total. The summed E-state index contributed by atoms with van der Waals surface area (Å²) in [4.78, 5) is 12.3. The lowest BCUT2D eigenvalue weighted by Gasteiger charge is -2.08. The molecule has 0 fully saturated rings. The lowest BCUT2D eigenvalue weighted by atomic mass is 10.3. The summed E-state index contributed by atoms with van der Waals surface area (Å²) in [7, 11) is 0. The van der Waals surface area contributed by atoms with E-state index < -0.39 is 18.2 Å². The summed E-state index contributed by atoms with van der Waals surface area (Å²) in [5.41, 5.74) is -0.686. The molecule has 0 aliphatic carbocycles. The summed E-state index contributed by atoms with van der Waals surface area (Å²) in [5.74, 6) is 2.02. The molecule has 0 saturated heterocycles. The minimum atomic E-state index is -0.736. The number of alkyl halides is 1. The standard InChI is InChI=1S/C15H14ClF2N3O2/c1-3-7-23-14-9-13(12(18)8-11(14)16)21-15(22)20(6-4-5-17)10(2)19-21/h1,8-9H,4-7H2,2H3. The van der Waals surface area contributed by atoms with Gasteiger partial charge in [-0.25, -0.2) is 9.18 Å². The molecule has 0 atom stereocenters. The van der Waals surface area contributed by atoms with E-state index >= 15 is 0 Å². The van der Waals surface area contributed by atoms with Crippen LogP contribution < -0.4 is 10.4 Å². The maximum absolute atomic E-state index is 14.2. The van der Waals surface area contributed by atoms with Gasteiger partial charge < -0.3 is 4.74 Å². The smallest absolute Gasteiger partial charge is 0.350 e. The van der Waals surface area contributed by atoms with Crippen LogP contribution in [0.1, 0.15) is 12.2 Å². The number of ether oxygens (including phenoxy) is 1. The summed E-state index contributed by atoms with van der Waals surface area (Å²) >= 11 is 5.88.